The molecule has 0 spiro atoms. The van der Waals surface area contributed by atoms with Gasteiger partial charge in [-0.05, 0) is 120 Å². The molecule has 8 aromatic carbocycles. The maximum atomic E-state index is 14.5. The number of likely N-dealkylation sites (N-methyl/N-ethyl adjacent to an activating group) is 1. The molecular weight excluding hydrogens is 785 g/mol. The molecule has 0 saturated heterocycles. The molecule has 9 rings (SSSR count). The lowest BCUT2D eigenvalue weighted by atomic mass is 9.98. The number of hydrogen-bond donors (Lipinski definition) is 1. The van der Waals surface area contributed by atoms with Gasteiger partial charge in [0.15, 0.2) is 6.29 Å². The molecule has 1 aliphatic heterocycles. The summed E-state index contributed by atoms with van der Waals surface area (Å²) in [4.78, 5) is 34.0. The van der Waals surface area contributed by atoms with Gasteiger partial charge >= 0.3 is 0 Å². The number of carbonyl (C=O) groups excluding carboxylic acids is 2. The van der Waals surface area contributed by atoms with Crippen molar-refractivity contribution < 1.29 is 9.59 Å². The van der Waals surface area contributed by atoms with Crippen LogP contribution in [-0.4, -0.2) is 30.2 Å². The summed E-state index contributed by atoms with van der Waals surface area (Å²) in [6, 6.07) is 74.7. The number of carbonyl (C=O) groups is 2. The second-order valence-corrected chi connectivity index (χ2v) is 15.5. The minimum absolute atomic E-state index is 0.211. The van der Waals surface area contributed by atoms with Crippen molar-refractivity contribution in [3.63, 3.8) is 0 Å². The van der Waals surface area contributed by atoms with Crippen LogP contribution < -0.4 is 15.1 Å². The Bertz CT molecular complexity index is 2910. The predicted octanol–water partition coefficient (Wildman–Crippen LogP) is 13.8. The summed E-state index contributed by atoms with van der Waals surface area (Å²) < 4.78 is 0. The molecular formula is C58H48N4O2. The number of anilines is 6. The topological polar surface area (TPSA) is 55.9 Å². The monoisotopic (exact) mass is 832 g/mol. The van der Waals surface area contributed by atoms with Crippen LogP contribution in [-0.2, 0) is 9.59 Å². The van der Waals surface area contributed by atoms with Gasteiger partial charge in [-0.3, -0.25) is 9.59 Å². The average molecular weight is 833 g/mol. The molecule has 0 fully saturated rings. The molecule has 0 bridgehead atoms. The molecule has 1 aliphatic rings. The second-order valence-electron chi connectivity index (χ2n) is 15.5. The number of benzene rings is 8. The van der Waals surface area contributed by atoms with Crippen LogP contribution >= 0.6 is 0 Å². The molecule has 0 aromatic heterocycles. The predicted molar refractivity (Wildman–Crippen MR) is 264 cm³/mol. The minimum Gasteiger partial charge on any atom is -0.384 e. The third-order valence-corrected chi connectivity index (χ3v) is 11.6. The van der Waals surface area contributed by atoms with Crippen LogP contribution in [0.3, 0.4) is 0 Å². The third kappa shape index (κ3) is 8.25. The lowest BCUT2D eigenvalue weighted by Gasteiger charge is -2.26. The zero-order valence-electron chi connectivity index (χ0n) is 35.9. The Balaban J connectivity index is 1.07. The van der Waals surface area contributed by atoms with Crippen LogP contribution in [0.4, 0.5) is 34.1 Å². The van der Waals surface area contributed by atoms with Crippen molar-refractivity contribution in [2.75, 3.05) is 22.9 Å². The first-order valence-corrected chi connectivity index (χ1v) is 21.8. The molecule has 0 radical (unpaired) electrons. The molecule has 1 heterocycles. The molecule has 0 saturated carbocycles. The Morgan fingerprint density at radius 2 is 0.797 bits per heavy atom. The number of hydrogen-bond acceptors (Lipinski definition) is 5. The van der Waals surface area contributed by atoms with Gasteiger partial charge in [0, 0.05) is 47.2 Å². The maximum Gasteiger partial charge on any atom is 0.261 e. The van der Waals surface area contributed by atoms with Crippen LogP contribution in [0.5, 0.6) is 0 Å². The first-order valence-electron chi connectivity index (χ1n) is 21.8. The van der Waals surface area contributed by atoms with Crippen molar-refractivity contribution in [3.8, 4) is 22.3 Å². The summed E-state index contributed by atoms with van der Waals surface area (Å²) in [7, 11) is 0. The van der Waals surface area contributed by atoms with Gasteiger partial charge in [0.1, 0.15) is 0 Å². The van der Waals surface area contributed by atoms with Crippen LogP contribution in [0.15, 0.2) is 230 Å². The Labute approximate surface area is 375 Å². The van der Waals surface area contributed by atoms with Crippen molar-refractivity contribution in [3.05, 3.63) is 241 Å². The standard InChI is InChI=1S/C58H48N4O2/c1-3-59-56(46-29-37-52(38-30-46)61(48-21-13-7-14-22-48)50-33-25-44(26-34-50)42-17-9-5-10-18-42)55-54(41-63)57(60(4-2)58(55)64)47-31-39-53(40-32-47)62(49-23-15-8-16-24-49)51-35-27-45(28-36-51)43-19-11-6-12-20-43/h5-41,59H,3-4H2,1-2H3/b56-55+. The summed E-state index contributed by atoms with van der Waals surface area (Å²) in [6.07, 6.45) is 0.832. The van der Waals surface area contributed by atoms with E-state index in [2.05, 4.69) is 161 Å². The number of rotatable bonds is 14. The Morgan fingerprint density at radius 1 is 0.453 bits per heavy atom. The van der Waals surface area contributed by atoms with Gasteiger partial charge in [0.25, 0.3) is 5.91 Å². The van der Waals surface area contributed by atoms with E-state index in [0.717, 1.165) is 73.8 Å². The van der Waals surface area contributed by atoms with Crippen molar-refractivity contribution in [2.24, 2.45) is 0 Å². The molecule has 0 unspecified atom stereocenters. The molecule has 6 heteroatoms. The molecule has 312 valence electrons. The average Bonchev–Trinajstić information content (AvgIpc) is 3.65. The van der Waals surface area contributed by atoms with Gasteiger partial charge in [0.2, 0.25) is 0 Å². The Hall–Kier alpha value is -8.22. The highest BCUT2D eigenvalue weighted by atomic mass is 16.2. The molecule has 0 atom stereocenters. The fourth-order valence-electron chi connectivity index (χ4n) is 8.56. The number of nitrogens with one attached hydrogen (secondary N) is 1. The SMILES string of the molecule is CCN/C(=C1/C(=O)N(CC)C(c2ccc(N(c3ccccc3)c3ccc(-c4ccccc4)cc3)cc2)=C1C=O)c1ccc(N(c2ccccc2)c2ccc(-c3ccccc3)cc2)cc1. The quantitative estimate of drug-likeness (QED) is 0.0874. The lowest BCUT2D eigenvalue weighted by Crippen LogP contribution is -2.27. The van der Waals surface area contributed by atoms with E-state index in [9.17, 15) is 9.59 Å². The maximum absolute atomic E-state index is 14.5. The van der Waals surface area contributed by atoms with E-state index in [1.54, 1.807) is 4.90 Å². The van der Waals surface area contributed by atoms with Crippen LogP contribution in [0, 0.1) is 0 Å². The second kappa shape index (κ2) is 18.8. The first-order chi connectivity index (χ1) is 31.6. The van der Waals surface area contributed by atoms with Gasteiger partial charge < -0.3 is 20.0 Å². The summed E-state index contributed by atoms with van der Waals surface area (Å²) >= 11 is 0. The molecule has 64 heavy (non-hydrogen) atoms. The van der Waals surface area contributed by atoms with Crippen molar-refractivity contribution >= 4 is 57.7 Å². The van der Waals surface area contributed by atoms with Gasteiger partial charge in [-0.1, -0.05) is 146 Å². The lowest BCUT2D eigenvalue weighted by molar-refractivity contribution is -0.123. The van der Waals surface area contributed by atoms with E-state index >= 15 is 0 Å². The van der Waals surface area contributed by atoms with Gasteiger partial charge in [0.05, 0.1) is 22.5 Å². The van der Waals surface area contributed by atoms with E-state index in [4.69, 9.17) is 0 Å². The minimum atomic E-state index is -0.211. The number of amides is 1. The normalized spacial score (nSPS) is 13.2. The molecule has 0 aliphatic carbocycles. The van der Waals surface area contributed by atoms with E-state index in [-0.39, 0.29) is 5.91 Å². The largest absolute Gasteiger partial charge is 0.384 e. The van der Waals surface area contributed by atoms with Gasteiger partial charge in [-0.25, -0.2) is 0 Å². The number of aldehydes is 1. The van der Waals surface area contributed by atoms with E-state index < -0.39 is 0 Å². The van der Waals surface area contributed by atoms with Crippen LogP contribution in [0.25, 0.3) is 33.6 Å². The van der Waals surface area contributed by atoms with Crippen molar-refractivity contribution in [1.29, 1.82) is 0 Å². The molecule has 8 aromatic rings. The van der Waals surface area contributed by atoms with Crippen LogP contribution in [0.2, 0.25) is 0 Å². The smallest absolute Gasteiger partial charge is 0.261 e. The van der Waals surface area contributed by atoms with Crippen molar-refractivity contribution in [2.45, 2.75) is 13.8 Å². The van der Waals surface area contributed by atoms with E-state index in [1.807, 2.05) is 86.6 Å². The highest BCUT2D eigenvalue weighted by Gasteiger charge is 2.37. The van der Waals surface area contributed by atoms with Gasteiger partial charge in [-0.15, -0.1) is 0 Å². The highest BCUT2D eigenvalue weighted by molar-refractivity contribution is 6.21. The summed E-state index contributed by atoms with van der Waals surface area (Å²) in [5.41, 5.74) is 14.1. The number of nitrogens with zero attached hydrogens (tertiary/aromatic N) is 3. The fourth-order valence-corrected chi connectivity index (χ4v) is 8.56. The third-order valence-electron chi connectivity index (χ3n) is 11.6. The van der Waals surface area contributed by atoms with E-state index in [0.29, 0.717) is 35.6 Å². The van der Waals surface area contributed by atoms with Gasteiger partial charge in [-0.2, -0.15) is 0 Å². The zero-order chi connectivity index (χ0) is 43.8. The van der Waals surface area contributed by atoms with E-state index in [1.165, 1.54) is 0 Å². The Kier molecular flexibility index (Phi) is 12.1. The van der Waals surface area contributed by atoms with Crippen molar-refractivity contribution in [1.82, 2.24) is 10.2 Å². The summed E-state index contributed by atoms with van der Waals surface area (Å²) in [5, 5.41) is 3.48. The Morgan fingerprint density at radius 3 is 1.17 bits per heavy atom. The summed E-state index contributed by atoms with van der Waals surface area (Å²) in [5.74, 6) is -0.211. The molecule has 1 N–H and O–H groups in total. The molecule has 6 nitrogen and oxygen atoms in total. The highest BCUT2D eigenvalue weighted by Crippen LogP contribution is 2.42. The fraction of sp³-hybridized carbons (Fsp3) is 0.0690. The first kappa shape index (κ1) is 41.1. The number of para-hydroxylation sites is 2. The zero-order valence-corrected chi connectivity index (χ0v) is 35.9. The summed E-state index contributed by atoms with van der Waals surface area (Å²) in [6.45, 7) is 4.90. The molecule has 1 amide bonds. The van der Waals surface area contributed by atoms with Crippen LogP contribution in [0.1, 0.15) is 25.0 Å².